The molecule has 3 heterocycles. The van der Waals surface area contributed by atoms with Crippen LogP contribution in [0.5, 0.6) is 0 Å². The van der Waals surface area contributed by atoms with Crippen molar-refractivity contribution in [1.29, 1.82) is 0 Å². The van der Waals surface area contributed by atoms with Gasteiger partial charge >= 0.3 is 150 Å². The van der Waals surface area contributed by atoms with Crippen LogP contribution in [-0.4, -0.2) is 61.1 Å². The number of ketones is 2. The van der Waals surface area contributed by atoms with Crippen LogP contribution in [0.1, 0.15) is 118 Å². The van der Waals surface area contributed by atoms with Crippen LogP contribution in [0.3, 0.4) is 0 Å². The number of allylic oxidation sites excluding steroid dienone is 1. The first-order chi connectivity index (χ1) is 22.6. The van der Waals surface area contributed by atoms with Gasteiger partial charge in [0.05, 0.1) is 28.2 Å². The maximum Gasteiger partial charge on any atom is 1.00 e. The van der Waals surface area contributed by atoms with Gasteiger partial charge in [-0.25, -0.2) is 14.6 Å². The number of pyridine rings is 2. The Balaban J connectivity index is -0.000000345. The number of fused-ring (bicyclic) bond motifs is 2. The summed E-state index contributed by atoms with van der Waals surface area (Å²) in [6, 6.07) is 7.00. The van der Waals surface area contributed by atoms with Crippen molar-refractivity contribution in [2.24, 2.45) is 0 Å². The number of rotatable bonds is 6. The SMILES string of the molecule is C.CC(=O)C(C)Cl.CC(=O)C(C)n1c(C)c(C(=O)OC(C)(C)C)c2cccnc21.CC1=C(C(=O)OC(C)(C)C)c2cccnc2C1.O=CO[O-].[Cs+].[Cs+].[H-]. The first-order valence-electron chi connectivity index (χ1n) is 15.5. The number of ether oxygens (including phenoxy) is 2. The molecule has 1 aliphatic rings. The largest absolute Gasteiger partial charge is 1.00 e. The molecule has 0 saturated carbocycles. The fraction of sp³-hybridized carbons (Fsp3) is 0.486. The molecular weight excluding hydrogens is 932 g/mol. The molecule has 3 aromatic rings. The molecular formula is C37H52ClCs2N3O9. The molecule has 278 valence electrons. The van der Waals surface area contributed by atoms with E-state index in [0.717, 1.165) is 23.3 Å². The third-order valence-corrected chi connectivity index (χ3v) is 7.11. The van der Waals surface area contributed by atoms with Gasteiger partial charge in [0.2, 0.25) is 0 Å². The van der Waals surface area contributed by atoms with Crippen molar-refractivity contribution in [2.45, 2.75) is 120 Å². The Labute approximate surface area is 432 Å². The average Bonchev–Trinajstić information content (AvgIpc) is 3.48. The van der Waals surface area contributed by atoms with Crippen molar-refractivity contribution in [2.75, 3.05) is 0 Å². The maximum atomic E-state index is 12.6. The van der Waals surface area contributed by atoms with Gasteiger partial charge < -0.3 is 25.6 Å². The molecule has 0 fully saturated rings. The van der Waals surface area contributed by atoms with E-state index in [2.05, 4.69) is 14.9 Å². The molecule has 2 atom stereocenters. The predicted octanol–water partition coefficient (Wildman–Crippen LogP) is 0.597. The summed E-state index contributed by atoms with van der Waals surface area (Å²) in [5.74, 6) is -0.600. The van der Waals surface area contributed by atoms with Crippen molar-refractivity contribution in [3.8, 4) is 0 Å². The molecule has 0 aliphatic heterocycles. The van der Waals surface area contributed by atoms with Crippen LogP contribution >= 0.6 is 11.6 Å². The zero-order valence-corrected chi connectivity index (χ0v) is 45.6. The van der Waals surface area contributed by atoms with E-state index in [4.69, 9.17) is 31.1 Å². The maximum absolute atomic E-state index is 12.6. The first kappa shape index (κ1) is 56.0. The van der Waals surface area contributed by atoms with Crippen LogP contribution in [0.15, 0.2) is 42.2 Å². The monoisotopic (exact) mass is 983 g/mol. The number of halogens is 1. The molecule has 0 amide bonds. The van der Waals surface area contributed by atoms with Gasteiger partial charge in [0, 0.05) is 35.5 Å². The molecule has 3 aromatic heterocycles. The minimum absolute atomic E-state index is 0. The Hall–Kier alpha value is -0.316. The third-order valence-electron chi connectivity index (χ3n) is 6.81. The van der Waals surface area contributed by atoms with Crippen molar-refractivity contribution < 1.29 is 183 Å². The molecule has 0 N–H and O–H groups in total. The van der Waals surface area contributed by atoms with Crippen molar-refractivity contribution >= 4 is 58.2 Å². The Morgan fingerprint density at radius 1 is 0.904 bits per heavy atom. The van der Waals surface area contributed by atoms with Crippen LogP contribution in [0.4, 0.5) is 0 Å². The fourth-order valence-corrected chi connectivity index (χ4v) is 4.49. The number of hydrogen-bond acceptors (Lipinski definition) is 11. The number of hydrogen-bond donors (Lipinski definition) is 0. The van der Waals surface area contributed by atoms with E-state index in [1.807, 2.05) is 80.5 Å². The molecule has 12 nitrogen and oxygen atoms in total. The second kappa shape index (κ2) is 25.8. The molecule has 0 bridgehead atoms. The Bertz CT molecular complexity index is 1700. The molecule has 52 heavy (non-hydrogen) atoms. The summed E-state index contributed by atoms with van der Waals surface area (Å²) in [4.78, 5) is 66.4. The van der Waals surface area contributed by atoms with Crippen LogP contribution in [0, 0.1) is 6.92 Å². The van der Waals surface area contributed by atoms with E-state index in [1.54, 1.807) is 30.0 Å². The summed E-state index contributed by atoms with van der Waals surface area (Å²) in [5, 5.41) is 8.83. The van der Waals surface area contributed by atoms with Crippen LogP contribution in [-0.2, 0) is 40.0 Å². The van der Waals surface area contributed by atoms with Gasteiger partial charge in [-0.2, -0.15) is 0 Å². The molecule has 4 rings (SSSR count). The van der Waals surface area contributed by atoms with Crippen LogP contribution < -0.4 is 143 Å². The summed E-state index contributed by atoms with van der Waals surface area (Å²) in [6.07, 6.45) is 4.15. The quantitative estimate of drug-likeness (QED) is 0.112. The smallest absolute Gasteiger partial charge is 1.00 e. The topological polar surface area (TPSA) is 167 Å². The molecule has 0 radical (unpaired) electrons. The summed E-state index contributed by atoms with van der Waals surface area (Å²) in [6.45, 7) is 21.2. The number of carbonyl (C=O) groups is 5. The number of alkyl halides is 1. The summed E-state index contributed by atoms with van der Waals surface area (Å²) in [7, 11) is 0. The van der Waals surface area contributed by atoms with E-state index < -0.39 is 17.2 Å². The standard InChI is InChI=1S/C17H22N2O3.C14H17NO2.C4H7ClO.CH2O3.CH4.2Cs.H/c1-10(12(3)20)19-11(2)14(16(21)22-17(4,5)6)13-8-7-9-18-15(13)19;1-9-8-11-10(6-5-7-15-11)12(9)13(16)17-14(2,3)4;1-3(5)4(2)6;2-1-4-3;;;;/h7-10H,1-6H3;5-7H,8H2,1-4H3;3H,1-2H3;1,3H;1H4;;;/q;;;;;2*+1;-1/p-1. The van der Waals surface area contributed by atoms with Gasteiger partial charge in [0.25, 0.3) is 6.47 Å². The second-order valence-electron chi connectivity index (χ2n) is 13.2. The van der Waals surface area contributed by atoms with Crippen molar-refractivity contribution in [3.63, 3.8) is 0 Å². The molecule has 2 unspecified atom stereocenters. The van der Waals surface area contributed by atoms with Gasteiger partial charge in [0.1, 0.15) is 22.6 Å². The minimum atomic E-state index is -0.577. The summed E-state index contributed by atoms with van der Waals surface area (Å²) >= 11 is 5.26. The van der Waals surface area contributed by atoms with E-state index in [-0.39, 0.29) is 182 Å². The zero-order chi connectivity index (χ0) is 37.9. The van der Waals surface area contributed by atoms with E-state index in [1.165, 1.54) is 13.8 Å². The van der Waals surface area contributed by atoms with Crippen LogP contribution in [0.25, 0.3) is 16.6 Å². The van der Waals surface area contributed by atoms with Gasteiger partial charge in [-0.3, -0.25) is 19.4 Å². The van der Waals surface area contributed by atoms with Crippen molar-refractivity contribution in [3.05, 3.63) is 64.7 Å². The normalized spacial score (nSPS) is 12.4. The average molecular weight is 984 g/mol. The summed E-state index contributed by atoms with van der Waals surface area (Å²) in [5.41, 5.74) is 4.36. The fourth-order valence-electron chi connectivity index (χ4n) is 4.49. The second-order valence-corrected chi connectivity index (χ2v) is 13.9. The van der Waals surface area contributed by atoms with Crippen LogP contribution in [0.2, 0.25) is 0 Å². The van der Waals surface area contributed by atoms with E-state index in [0.29, 0.717) is 27.9 Å². The van der Waals surface area contributed by atoms with E-state index in [9.17, 15) is 19.2 Å². The minimum Gasteiger partial charge on any atom is -1.00 e. The summed E-state index contributed by atoms with van der Waals surface area (Å²) < 4.78 is 12.7. The first-order valence-corrected chi connectivity index (χ1v) is 15.9. The van der Waals surface area contributed by atoms with Crippen molar-refractivity contribution in [1.82, 2.24) is 14.5 Å². The van der Waals surface area contributed by atoms with Gasteiger partial charge in [-0.05, 0) is 101 Å². The third kappa shape index (κ3) is 18.1. The van der Waals surface area contributed by atoms with Gasteiger partial charge in [-0.1, -0.05) is 19.1 Å². The number of aromatic nitrogens is 3. The zero-order valence-electron chi connectivity index (χ0n) is 33.3. The Kier molecular flexibility index (Phi) is 27.8. The Morgan fingerprint density at radius 2 is 1.37 bits per heavy atom. The Morgan fingerprint density at radius 3 is 1.81 bits per heavy atom. The molecule has 0 spiro atoms. The molecule has 0 saturated heterocycles. The number of nitrogens with zero attached hydrogens (tertiary/aromatic N) is 3. The van der Waals surface area contributed by atoms with Gasteiger partial charge in [-0.15, -0.1) is 11.6 Å². The van der Waals surface area contributed by atoms with Gasteiger partial charge in [0.15, 0.2) is 5.78 Å². The molecule has 0 aromatic carbocycles. The molecule has 1 aliphatic carbocycles. The molecule has 15 heteroatoms. The van der Waals surface area contributed by atoms with E-state index >= 15 is 0 Å². The number of Topliss-reactive ketones (excluding diaryl/α,β-unsaturated/α-hetero) is 2. The number of carbonyl (C=O) groups excluding carboxylic acids is 5. The predicted molar refractivity (Wildman–Crippen MR) is 192 cm³/mol. The number of esters is 2.